The molecule has 0 atom stereocenters. The lowest BCUT2D eigenvalue weighted by Gasteiger charge is -2.32. The molecule has 2 aromatic carbocycles. The van der Waals surface area contributed by atoms with Crippen molar-refractivity contribution in [3.63, 3.8) is 0 Å². The van der Waals surface area contributed by atoms with Crippen LogP contribution in [-0.4, -0.2) is 17.4 Å². The second-order valence-corrected chi connectivity index (χ2v) is 8.31. The van der Waals surface area contributed by atoms with Crippen LogP contribution in [0, 0.1) is 0 Å². The van der Waals surface area contributed by atoms with Crippen molar-refractivity contribution in [3.05, 3.63) is 106 Å². The van der Waals surface area contributed by atoms with Crippen LogP contribution in [0.2, 0.25) is 0 Å². The minimum atomic E-state index is -0.399. The Hall–Kier alpha value is -3.31. The molecule has 0 N–H and O–H groups in total. The molecule has 4 aromatic rings. The van der Waals surface area contributed by atoms with E-state index in [0.717, 1.165) is 34.8 Å². The third-order valence-corrected chi connectivity index (χ3v) is 6.31. The Morgan fingerprint density at radius 2 is 1.63 bits per heavy atom. The van der Waals surface area contributed by atoms with Crippen molar-refractivity contribution >= 4 is 17.2 Å². The Morgan fingerprint density at radius 3 is 2.27 bits per heavy atom. The summed E-state index contributed by atoms with van der Waals surface area (Å²) < 4.78 is 11.6. The molecule has 2 aromatic heterocycles. The molecule has 0 saturated heterocycles. The second kappa shape index (κ2) is 8.20. The highest BCUT2D eigenvalue weighted by Gasteiger charge is 2.35. The average molecular weight is 416 g/mol. The van der Waals surface area contributed by atoms with Gasteiger partial charge in [-0.3, -0.25) is 4.79 Å². The first-order valence-electron chi connectivity index (χ1n) is 9.99. The zero-order chi connectivity index (χ0) is 20.3. The summed E-state index contributed by atoms with van der Waals surface area (Å²) in [6, 6.07) is 23.5. The SMILES string of the molecule is O=C(C1c2ccccc2Oc2ccccc21)N(CCc1cccs1)Cc1ccco1. The van der Waals surface area contributed by atoms with Crippen LogP contribution in [0.15, 0.2) is 88.9 Å². The van der Waals surface area contributed by atoms with Crippen molar-refractivity contribution in [1.82, 2.24) is 4.90 Å². The number of fused-ring (bicyclic) bond motifs is 2. The zero-order valence-electron chi connectivity index (χ0n) is 16.4. The summed E-state index contributed by atoms with van der Waals surface area (Å²) in [7, 11) is 0. The number of para-hydroxylation sites is 2. The van der Waals surface area contributed by atoms with Gasteiger partial charge in [-0.25, -0.2) is 0 Å². The number of carbonyl (C=O) groups is 1. The van der Waals surface area contributed by atoms with Gasteiger partial charge in [0.05, 0.1) is 18.7 Å². The average Bonchev–Trinajstić information content (AvgIpc) is 3.48. The number of amides is 1. The smallest absolute Gasteiger partial charge is 0.235 e. The van der Waals surface area contributed by atoms with Crippen molar-refractivity contribution in [2.75, 3.05) is 6.54 Å². The number of thiophene rings is 1. The highest BCUT2D eigenvalue weighted by atomic mass is 32.1. The number of hydrogen-bond acceptors (Lipinski definition) is 4. The molecule has 1 aliphatic rings. The number of rotatable bonds is 6. The van der Waals surface area contributed by atoms with E-state index in [9.17, 15) is 4.79 Å². The van der Waals surface area contributed by atoms with Crippen LogP contribution >= 0.6 is 11.3 Å². The lowest BCUT2D eigenvalue weighted by molar-refractivity contribution is -0.132. The van der Waals surface area contributed by atoms with E-state index >= 15 is 0 Å². The number of hydrogen-bond donors (Lipinski definition) is 0. The summed E-state index contributed by atoms with van der Waals surface area (Å²) in [5.41, 5.74) is 1.81. The molecule has 1 aliphatic heterocycles. The maximum absolute atomic E-state index is 13.9. The van der Waals surface area contributed by atoms with Gasteiger partial charge < -0.3 is 14.1 Å². The molecule has 0 spiro atoms. The van der Waals surface area contributed by atoms with E-state index in [4.69, 9.17) is 9.15 Å². The Kier molecular flexibility index (Phi) is 5.11. The first-order valence-corrected chi connectivity index (χ1v) is 10.9. The molecule has 5 heteroatoms. The van der Waals surface area contributed by atoms with E-state index in [-0.39, 0.29) is 5.91 Å². The minimum absolute atomic E-state index is 0.0613. The van der Waals surface area contributed by atoms with Gasteiger partial charge in [-0.2, -0.15) is 0 Å². The predicted octanol–water partition coefficient (Wildman–Crippen LogP) is 5.85. The van der Waals surface area contributed by atoms with Crippen LogP contribution < -0.4 is 4.74 Å². The molecule has 1 amide bonds. The van der Waals surface area contributed by atoms with Gasteiger partial charge in [-0.05, 0) is 42.1 Å². The summed E-state index contributed by atoms with van der Waals surface area (Å²) in [4.78, 5) is 17.1. The van der Waals surface area contributed by atoms with Gasteiger partial charge in [0.15, 0.2) is 0 Å². The largest absolute Gasteiger partial charge is 0.467 e. The third-order valence-electron chi connectivity index (χ3n) is 5.37. The van der Waals surface area contributed by atoms with Gasteiger partial charge in [-0.1, -0.05) is 42.5 Å². The summed E-state index contributed by atoms with van der Waals surface area (Å²) in [6.45, 7) is 1.07. The Morgan fingerprint density at radius 1 is 0.900 bits per heavy atom. The van der Waals surface area contributed by atoms with Crippen molar-refractivity contribution < 1.29 is 13.9 Å². The lowest BCUT2D eigenvalue weighted by atomic mass is 9.86. The van der Waals surface area contributed by atoms with Crippen LogP contribution in [0.25, 0.3) is 0 Å². The molecule has 0 unspecified atom stereocenters. The van der Waals surface area contributed by atoms with Crippen LogP contribution in [0.3, 0.4) is 0 Å². The predicted molar refractivity (Wildman–Crippen MR) is 117 cm³/mol. The molecule has 3 heterocycles. The van der Waals surface area contributed by atoms with Gasteiger partial charge in [0.2, 0.25) is 5.91 Å². The fraction of sp³-hybridized carbons (Fsp3) is 0.160. The summed E-state index contributed by atoms with van der Waals surface area (Å²) in [6.07, 6.45) is 2.47. The van der Waals surface area contributed by atoms with Gasteiger partial charge in [0.25, 0.3) is 0 Å². The summed E-state index contributed by atoms with van der Waals surface area (Å²) >= 11 is 1.72. The normalized spacial score (nSPS) is 12.7. The monoisotopic (exact) mass is 415 g/mol. The molecule has 0 saturated carbocycles. The molecule has 150 valence electrons. The van der Waals surface area contributed by atoms with Gasteiger partial charge in [0, 0.05) is 22.5 Å². The van der Waals surface area contributed by atoms with Crippen LogP contribution in [0.4, 0.5) is 0 Å². The quantitative estimate of drug-likeness (QED) is 0.397. The Labute approximate surface area is 179 Å². The fourth-order valence-electron chi connectivity index (χ4n) is 3.92. The van der Waals surface area contributed by atoms with Crippen molar-refractivity contribution in [1.29, 1.82) is 0 Å². The minimum Gasteiger partial charge on any atom is -0.467 e. The Bertz CT molecular complexity index is 1090. The van der Waals surface area contributed by atoms with Crippen LogP contribution in [0.5, 0.6) is 11.5 Å². The van der Waals surface area contributed by atoms with Gasteiger partial charge in [-0.15, -0.1) is 11.3 Å². The Balaban J connectivity index is 1.50. The highest BCUT2D eigenvalue weighted by Crippen LogP contribution is 2.44. The van der Waals surface area contributed by atoms with Crippen molar-refractivity contribution in [2.24, 2.45) is 0 Å². The van der Waals surface area contributed by atoms with Gasteiger partial charge in [0.1, 0.15) is 17.3 Å². The molecule has 0 radical (unpaired) electrons. The highest BCUT2D eigenvalue weighted by molar-refractivity contribution is 7.09. The van der Waals surface area contributed by atoms with E-state index in [2.05, 4.69) is 11.4 Å². The van der Waals surface area contributed by atoms with E-state index in [0.29, 0.717) is 13.1 Å². The van der Waals surface area contributed by atoms with Crippen LogP contribution in [-0.2, 0) is 17.8 Å². The number of furan rings is 1. The topological polar surface area (TPSA) is 42.7 Å². The standard InChI is InChI=1S/C25H21NO3S/c27-25(26(17-18-7-5-15-28-18)14-13-19-8-6-16-30-19)24-20-9-1-3-11-22(20)29-23-12-4-2-10-21(23)24/h1-12,15-16,24H,13-14,17H2. The number of ether oxygens (including phenoxy) is 1. The molecule has 0 aliphatic carbocycles. The molecule has 30 heavy (non-hydrogen) atoms. The molecule has 0 bridgehead atoms. The van der Waals surface area contributed by atoms with Gasteiger partial charge >= 0.3 is 0 Å². The first kappa shape index (κ1) is 18.7. The van der Waals surface area contributed by atoms with E-state index < -0.39 is 5.92 Å². The molecule has 4 nitrogen and oxygen atoms in total. The summed E-state index contributed by atoms with van der Waals surface area (Å²) in [5, 5.41) is 2.07. The molecule has 0 fully saturated rings. The third kappa shape index (κ3) is 3.64. The molecular weight excluding hydrogens is 394 g/mol. The zero-order valence-corrected chi connectivity index (χ0v) is 17.2. The van der Waals surface area contributed by atoms with Crippen molar-refractivity contribution in [3.8, 4) is 11.5 Å². The lowest BCUT2D eigenvalue weighted by Crippen LogP contribution is -2.37. The molecular formula is C25H21NO3S. The van der Waals surface area contributed by atoms with E-state index in [1.165, 1.54) is 4.88 Å². The van der Waals surface area contributed by atoms with Crippen molar-refractivity contribution in [2.45, 2.75) is 18.9 Å². The van der Waals surface area contributed by atoms with Crippen LogP contribution in [0.1, 0.15) is 27.7 Å². The number of nitrogens with zero attached hydrogens (tertiary/aromatic N) is 1. The fourth-order valence-corrected chi connectivity index (χ4v) is 4.61. The number of carbonyl (C=O) groups excluding carboxylic acids is 1. The maximum atomic E-state index is 13.9. The second-order valence-electron chi connectivity index (χ2n) is 7.28. The first-order chi connectivity index (χ1) is 14.8. The van der Waals surface area contributed by atoms with E-state index in [1.54, 1.807) is 17.6 Å². The number of benzene rings is 2. The van der Waals surface area contributed by atoms with E-state index in [1.807, 2.05) is 71.6 Å². The summed E-state index contributed by atoms with van der Waals surface area (Å²) in [5.74, 6) is 1.93. The molecule has 5 rings (SSSR count). The maximum Gasteiger partial charge on any atom is 0.235 e.